The molecule has 2 saturated heterocycles. The Bertz CT molecular complexity index is 403. The second-order valence-electron chi connectivity index (χ2n) is 6.25. The van der Waals surface area contributed by atoms with Crippen molar-refractivity contribution in [2.45, 2.75) is 52.4 Å². The zero-order valence-electron chi connectivity index (χ0n) is 13.4. The van der Waals surface area contributed by atoms with Crippen LogP contribution in [0.4, 0.5) is 0 Å². The molecule has 2 heterocycles. The van der Waals surface area contributed by atoms with E-state index >= 15 is 0 Å². The third-order valence-electron chi connectivity index (χ3n) is 4.65. The van der Waals surface area contributed by atoms with Crippen LogP contribution in [0.15, 0.2) is 11.6 Å². The molecule has 0 aromatic rings. The molecule has 2 fully saturated rings. The predicted octanol–water partition coefficient (Wildman–Crippen LogP) is 2.59. The first-order valence-corrected chi connectivity index (χ1v) is 8.38. The third kappa shape index (κ3) is 4.08. The van der Waals surface area contributed by atoms with Crippen molar-refractivity contribution in [2.75, 3.05) is 26.2 Å². The Morgan fingerprint density at radius 1 is 1.00 bits per heavy atom. The second-order valence-corrected chi connectivity index (χ2v) is 6.25. The fraction of sp³-hybridized carbons (Fsp3) is 0.765. The molecule has 0 atom stereocenters. The Morgan fingerprint density at radius 2 is 1.62 bits per heavy atom. The summed E-state index contributed by atoms with van der Waals surface area (Å²) in [5, 5.41) is 0. The molecule has 118 valence electrons. The minimum Gasteiger partial charge on any atom is -0.342 e. The predicted molar refractivity (Wildman–Crippen MR) is 83.8 cm³/mol. The maximum absolute atomic E-state index is 12.5. The first kappa shape index (κ1) is 16.1. The van der Waals surface area contributed by atoms with Crippen LogP contribution < -0.4 is 0 Å². The van der Waals surface area contributed by atoms with Crippen molar-refractivity contribution >= 4 is 11.8 Å². The van der Waals surface area contributed by atoms with Gasteiger partial charge in [-0.2, -0.15) is 0 Å². The highest BCUT2D eigenvalue weighted by atomic mass is 16.2. The Kier molecular flexibility index (Phi) is 5.83. The number of nitrogens with zero attached hydrogens (tertiary/aromatic N) is 2. The highest BCUT2D eigenvalue weighted by molar-refractivity contribution is 5.93. The van der Waals surface area contributed by atoms with Crippen molar-refractivity contribution in [3.63, 3.8) is 0 Å². The average molecular weight is 292 g/mol. The van der Waals surface area contributed by atoms with E-state index in [1.54, 1.807) is 0 Å². The van der Waals surface area contributed by atoms with Crippen LogP contribution >= 0.6 is 0 Å². The van der Waals surface area contributed by atoms with Gasteiger partial charge < -0.3 is 9.80 Å². The monoisotopic (exact) mass is 292 g/mol. The molecular weight excluding hydrogens is 264 g/mol. The van der Waals surface area contributed by atoms with Gasteiger partial charge in [0.05, 0.1) is 0 Å². The summed E-state index contributed by atoms with van der Waals surface area (Å²) in [6.45, 7) is 7.22. The number of carbonyl (C=O) groups is 2. The molecule has 0 aromatic heterocycles. The molecule has 0 aliphatic carbocycles. The quantitative estimate of drug-likeness (QED) is 0.750. The molecule has 2 aliphatic rings. The van der Waals surface area contributed by atoms with Gasteiger partial charge in [-0.15, -0.1) is 0 Å². The van der Waals surface area contributed by atoms with Gasteiger partial charge >= 0.3 is 0 Å². The Morgan fingerprint density at radius 3 is 2.19 bits per heavy atom. The molecule has 4 heteroatoms. The fourth-order valence-electron chi connectivity index (χ4n) is 3.34. The van der Waals surface area contributed by atoms with Crippen molar-refractivity contribution in [3.05, 3.63) is 11.6 Å². The lowest BCUT2D eigenvalue weighted by Crippen LogP contribution is -2.45. The van der Waals surface area contributed by atoms with Crippen molar-refractivity contribution in [1.82, 2.24) is 9.80 Å². The van der Waals surface area contributed by atoms with Crippen molar-refractivity contribution in [1.29, 1.82) is 0 Å². The molecule has 0 unspecified atom stereocenters. The number of amides is 2. The van der Waals surface area contributed by atoms with Crippen LogP contribution in [0.3, 0.4) is 0 Å². The van der Waals surface area contributed by atoms with Crippen molar-refractivity contribution in [2.24, 2.45) is 5.92 Å². The Balaban J connectivity index is 1.84. The molecular formula is C17H28N2O2. The molecule has 2 amide bonds. The summed E-state index contributed by atoms with van der Waals surface area (Å²) in [6.07, 6.45) is 8.05. The molecule has 21 heavy (non-hydrogen) atoms. The summed E-state index contributed by atoms with van der Waals surface area (Å²) >= 11 is 0. The number of allylic oxidation sites excluding steroid dienone is 1. The zero-order valence-corrected chi connectivity index (χ0v) is 13.4. The summed E-state index contributed by atoms with van der Waals surface area (Å²) in [7, 11) is 0. The Hall–Kier alpha value is -1.32. The number of hydrogen-bond donors (Lipinski definition) is 0. The molecule has 4 nitrogen and oxygen atoms in total. The van der Waals surface area contributed by atoms with E-state index in [-0.39, 0.29) is 11.8 Å². The first-order chi connectivity index (χ1) is 10.1. The summed E-state index contributed by atoms with van der Waals surface area (Å²) in [5.74, 6) is 0.589. The lowest BCUT2D eigenvalue weighted by Gasteiger charge is -2.35. The number of likely N-dealkylation sites (tertiary alicyclic amines) is 2. The molecule has 2 rings (SSSR count). The van der Waals surface area contributed by atoms with Gasteiger partial charge in [0.25, 0.3) is 0 Å². The molecule has 0 saturated carbocycles. The van der Waals surface area contributed by atoms with E-state index < -0.39 is 0 Å². The van der Waals surface area contributed by atoms with Gasteiger partial charge in [-0.05, 0) is 45.4 Å². The maximum atomic E-state index is 12.5. The van der Waals surface area contributed by atoms with Gasteiger partial charge in [0, 0.05) is 37.7 Å². The van der Waals surface area contributed by atoms with Gasteiger partial charge in [0.15, 0.2) is 0 Å². The van der Waals surface area contributed by atoms with Crippen LogP contribution in [0.2, 0.25) is 0 Å². The lowest BCUT2D eigenvalue weighted by atomic mass is 9.94. The van der Waals surface area contributed by atoms with E-state index in [4.69, 9.17) is 0 Å². The lowest BCUT2D eigenvalue weighted by molar-refractivity contribution is -0.140. The standard InChI is InChI=1S/C17H28N2O2/c1-3-7-14(2)16(20)19-12-8-15(9-13-19)17(21)18-10-5-4-6-11-18/h7,15H,3-6,8-13H2,1-2H3/b14-7+. The van der Waals surface area contributed by atoms with Gasteiger partial charge in [0.2, 0.25) is 11.8 Å². The minimum absolute atomic E-state index is 0.127. The smallest absolute Gasteiger partial charge is 0.249 e. The topological polar surface area (TPSA) is 40.6 Å². The molecule has 0 bridgehead atoms. The van der Waals surface area contributed by atoms with E-state index in [1.165, 1.54) is 6.42 Å². The van der Waals surface area contributed by atoms with Crippen LogP contribution in [-0.2, 0) is 9.59 Å². The highest BCUT2D eigenvalue weighted by Gasteiger charge is 2.30. The second kappa shape index (κ2) is 7.62. The van der Waals surface area contributed by atoms with E-state index in [9.17, 15) is 9.59 Å². The third-order valence-corrected chi connectivity index (χ3v) is 4.65. The van der Waals surface area contributed by atoms with Crippen LogP contribution in [0, 0.1) is 5.92 Å². The summed E-state index contributed by atoms with van der Waals surface area (Å²) < 4.78 is 0. The number of hydrogen-bond acceptors (Lipinski definition) is 2. The summed E-state index contributed by atoms with van der Waals surface area (Å²) in [6, 6.07) is 0. The average Bonchev–Trinajstić information content (AvgIpc) is 2.54. The normalized spacial score (nSPS) is 21.5. The van der Waals surface area contributed by atoms with E-state index in [0.29, 0.717) is 5.91 Å². The first-order valence-electron chi connectivity index (χ1n) is 8.38. The van der Waals surface area contributed by atoms with Crippen LogP contribution in [0.25, 0.3) is 0 Å². The number of piperidine rings is 2. The van der Waals surface area contributed by atoms with E-state index in [0.717, 1.165) is 63.9 Å². The maximum Gasteiger partial charge on any atom is 0.249 e. The SMILES string of the molecule is CC/C=C(\C)C(=O)N1CCC(C(=O)N2CCCCC2)CC1. The molecule has 0 radical (unpaired) electrons. The van der Waals surface area contributed by atoms with E-state index in [2.05, 4.69) is 0 Å². The number of rotatable bonds is 3. The Labute approximate surface area is 128 Å². The summed E-state index contributed by atoms with van der Waals surface area (Å²) in [5.41, 5.74) is 0.832. The summed E-state index contributed by atoms with van der Waals surface area (Å²) in [4.78, 5) is 28.6. The van der Waals surface area contributed by atoms with Crippen LogP contribution in [0.1, 0.15) is 52.4 Å². The van der Waals surface area contributed by atoms with Crippen LogP contribution in [0.5, 0.6) is 0 Å². The van der Waals surface area contributed by atoms with Crippen molar-refractivity contribution < 1.29 is 9.59 Å². The van der Waals surface area contributed by atoms with Gasteiger partial charge in [-0.25, -0.2) is 0 Å². The molecule has 0 spiro atoms. The van der Waals surface area contributed by atoms with Gasteiger partial charge in [0.1, 0.15) is 0 Å². The number of carbonyl (C=O) groups excluding carboxylic acids is 2. The van der Waals surface area contributed by atoms with Gasteiger partial charge in [-0.3, -0.25) is 9.59 Å². The molecule has 0 N–H and O–H groups in total. The van der Waals surface area contributed by atoms with Gasteiger partial charge in [-0.1, -0.05) is 13.0 Å². The van der Waals surface area contributed by atoms with E-state index in [1.807, 2.05) is 29.7 Å². The fourth-order valence-corrected chi connectivity index (χ4v) is 3.34. The highest BCUT2D eigenvalue weighted by Crippen LogP contribution is 2.22. The molecule has 2 aliphatic heterocycles. The zero-order chi connectivity index (χ0) is 15.2. The van der Waals surface area contributed by atoms with Crippen molar-refractivity contribution in [3.8, 4) is 0 Å². The van der Waals surface area contributed by atoms with Crippen LogP contribution in [-0.4, -0.2) is 47.8 Å². The molecule has 0 aromatic carbocycles. The minimum atomic E-state index is 0.127. The largest absolute Gasteiger partial charge is 0.342 e.